The normalized spacial score (nSPS) is 15.0. The fourth-order valence-corrected chi connectivity index (χ4v) is 1.75. The zero-order chi connectivity index (χ0) is 11.0. The molecule has 1 saturated carbocycles. The van der Waals surface area contributed by atoms with E-state index in [-0.39, 0.29) is 5.56 Å². The predicted molar refractivity (Wildman–Crippen MR) is 56.3 cm³/mol. The molecule has 0 radical (unpaired) electrons. The van der Waals surface area contributed by atoms with Crippen molar-refractivity contribution in [3.05, 3.63) is 23.3 Å². The number of ether oxygens (including phenoxy) is 1. The molecule has 0 atom stereocenters. The monoisotopic (exact) mass is 207 g/mol. The van der Waals surface area contributed by atoms with Crippen LogP contribution in [-0.2, 0) is 0 Å². The van der Waals surface area contributed by atoms with Crippen molar-refractivity contribution < 1.29 is 14.6 Å². The third-order valence-corrected chi connectivity index (χ3v) is 2.63. The van der Waals surface area contributed by atoms with Gasteiger partial charge in [0.1, 0.15) is 5.75 Å². The number of benzene rings is 1. The first-order valence-corrected chi connectivity index (χ1v) is 4.84. The van der Waals surface area contributed by atoms with Crippen LogP contribution in [0.1, 0.15) is 34.7 Å². The number of carboxylic acids is 1. The third kappa shape index (κ3) is 1.75. The first-order chi connectivity index (χ1) is 7.13. The van der Waals surface area contributed by atoms with Crippen molar-refractivity contribution in [2.45, 2.75) is 18.8 Å². The molecule has 0 saturated heterocycles. The smallest absolute Gasteiger partial charge is 0.335 e. The number of rotatable bonds is 3. The summed E-state index contributed by atoms with van der Waals surface area (Å²) in [5, 5.41) is 8.86. The number of hydrogen-bond acceptors (Lipinski definition) is 3. The topological polar surface area (TPSA) is 72.5 Å². The summed E-state index contributed by atoms with van der Waals surface area (Å²) in [4.78, 5) is 10.8. The Bertz CT molecular complexity index is 411. The van der Waals surface area contributed by atoms with Crippen LogP contribution in [0.25, 0.3) is 0 Å². The van der Waals surface area contributed by atoms with Crippen molar-refractivity contribution >= 4 is 11.7 Å². The number of nitrogen functional groups attached to an aromatic ring is 1. The molecule has 1 aliphatic carbocycles. The summed E-state index contributed by atoms with van der Waals surface area (Å²) >= 11 is 0. The van der Waals surface area contributed by atoms with Crippen molar-refractivity contribution in [3.8, 4) is 5.75 Å². The van der Waals surface area contributed by atoms with Gasteiger partial charge in [0.15, 0.2) is 0 Å². The van der Waals surface area contributed by atoms with E-state index in [1.807, 2.05) is 0 Å². The Kier molecular flexibility index (Phi) is 2.26. The average Bonchev–Trinajstić information content (AvgIpc) is 2.99. The molecule has 0 unspecified atom stereocenters. The minimum atomic E-state index is -0.984. The third-order valence-electron chi connectivity index (χ3n) is 2.63. The van der Waals surface area contributed by atoms with Crippen molar-refractivity contribution in [3.63, 3.8) is 0 Å². The second-order valence-electron chi connectivity index (χ2n) is 3.76. The maximum atomic E-state index is 10.8. The van der Waals surface area contributed by atoms with E-state index in [9.17, 15) is 4.79 Å². The molecule has 80 valence electrons. The summed E-state index contributed by atoms with van der Waals surface area (Å²) in [5.41, 5.74) is 7.49. The molecule has 15 heavy (non-hydrogen) atoms. The van der Waals surface area contributed by atoms with E-state index in [4.69, 9.17) is 15.6 Å². The number of carboxylic acid groups (broad SMARTS) is 1. The number of nitrogens with two attached hydrogens (primary N) is 1. The molecular weight excluding hydrogens is 194 g/mol. The molecule has 1 aliphatic rings. The predicted octanol–water partition coefficient (Wildman–Crippen LogP) is 1.85. The first kappa shape index (κ1) is 9.83. The maximum absolute atomic E-state index is 10.8. The van der Waals surface area contributed by atoms with Crippen LogP contribution in [0.15, 0.2) is 12.1 Å². The molecule has 0 amide bonds. The lowest BCUT2D eigenvalue weighted by Gasteiger charge is -2.11. The molecule has 1 aromatic rings. The van der Waals surface area contributed by atoms with E-state index in [0.717, 1.165) is 18.4 Å². The summed E-state index contributed by atoms with van der Waals surface area (Å²) in [6.45, 7) is 0. The van der Waals surface area contributed by atoms with Gasteiger partial charge < -0.3 is 15.6 Å². The van der Waals surface area contributed by atoms with Gasteiger partial charge in [-0.3, -0.25) is 0 Å². The van der Waals surface area contributed by atoms with Crippen LogP contribution in [0.3, 0.4) is 0 Å². The van der Waals surface area contributed by atoms with E-state index >= 15 is 0 Å². The zero-order valence-electron chi connectivity index (χ0n) is 8.49. The van der Waals surface area contributed by atoms with Gasteiger partial charge >= 0.3 is 5.97 Å². The minimum Gasteiger partial charge on any atom is -0.496 e. The molecule has 0 aromatic heterocycles. The largest absolute Gasteiger partial charge is 0.496 e. The van der Waals surface area contributed by atoms with Gasteiger partial charge in [-0.2, -0.15) is 0 Å². The lowest BCUT2D eigenvalue weighted by atomic mass is 10.0. The van der Waals surface area contributed by atoms with Gasteiger partial charge in [-0.15, -0.1) is 0 Å². The second kappa shape index (κ2) is 3.46. The number of hydrogen-bond donors (Lipinski definition) is 2. The Morgan fingerprint density at radius 1 is 1.53 bits per heavy atom. The SMILES string of the molecule is COc1cc(C(=O)O)cc(N)c1C1CC1. The second-order valence-corrected chi connectivity index (χ2v) is 3.76. The Balaban J connectivity index is 2.51. The molecule has 0 heterocycles. The lowest BCUT2D eigenvalue weighted by molar-refractivity contribution is 0.0696. The summed E-state index contributed by atoms with van der Waals surface area (Å²) in [5.74, 6) is 0.0556. The molecule has 0 bridgehead atoms. The molecule has 4 nitrogen and oxygen atoms in total. The molecule has 2 rings (SSSR count). The van der Waals surface area contributed by atoms with Crippen molar-refractivity contribution in [2.24, 2.45) is 0 Å². The van der Waals surface area contributed by atoms with E-state index in [2.05, 4.69) is 0 Å². The average molecular weight is 207 g/mol. The Labute approximate surface area is 87.7 Å². The van der Waals surface area contributed by atoms with Crippen LogP contribution in [0.4, 0.5) is 5.69 Å². The van der Waals surface area contributed by atoms with Gasteiger partial charge in [-0.1, -0.05) is 0 Å². The highest BCUT2D eigenvalue weighted by Gasteiger charge is 2.29. The summed E-state index contributed by atoms with van der Waals surface area (Å²) in [6, 6.07) is 3.03. The van der Waals surface area contributed by atoms with Crippen LogP contribution in [-0.4, -0.2) is 18.2 Å². The lowest BCUT2D eigenvalue weighted by Crippen LogP contribution is -2.03. The van der Waals surface area contributed by atoms with Crippen LogP contribution >= 0.6 is 0 Å². The van der Waals surface area contributed by atoms with Crippen molar-refractivity contribution in [1.29, 1.82) is 0 Å². The fourth-order valence-electron chi connectivity index (χ4n) is 1.75. The molecule has 1 aromatic carbocycles. The quantitative estimate of drug-likeness (QED) is 0.742. The maximum Gasteiger partial charge on any atom is 0.335 e. The van der Waals surface area contributed by atoms with Gasteiger partial charge in [0.2, 0.25) is 0 Å². The molecule has 1 fully saturated rings. The highest BCUT2D eigenvalue weighted by atomic mass is 16.5. The molecule has 4 heteroatoms. The number of aromatic carboxylic acids is 1. The van der Waals surface area contributed by atoms with Crippen LogP contribution in [0.2, 0.25) is 0 Å². The highest BCUT2D eigenvalue weighted by Crippen LogP contribution is 2.47. The minimum absolute atomic E-state index is 0.175. The van der Waals surface area contributed by atoms with E-state index in [0.29, 0.717) is 17.4 Å². The Morgan fingerprint density at radius 2 is 2.20 bits per heavy atom. The molecule has 0 aliphatic heterocycles. The highest BCUT2D eigenvalue weighted by molar-refractivity contribution is 5.90. The number of anilines is 1. The standard InChI is InChI=1S/C11H13NO3/c1-15-9-5-7(11(13)14)4-8(12)10(9)6-2-3-6/h4-6H,2-3,12H2,1H3,(H,13,14). The summed E-state index contributed by atoms with van der Waals surface area (Å²) < 4.78 is 5.17. The molecule has 0 spiro atoms. The van der Waals surface area contributed by atoms with Gasteiger partial charge in [0, 0.05) is 11.3 Å². The van der Waals surface area contributed by atoms with Gasteiger partial charge in [-0.05, 0) is 30.9 Å². The molecule has 3 N–H and O–H groups in total. The zero-order valence-corrected chi connectivity index (χ0v) is 8.49. The van der Waals surface area contributed by atoms with E-state index < -0.39 is 5.97 Å². The van der Waals surface area contributed by atoms with Gasteiger partial charge in [0.25, 0.3) is 0 Å². The van der Waals surface area contributed by atoms with E-state index in [1.54, 1.807) is 0 Å². The molecular formula is C11H13NO3. The van der Waals surface area contributed by atoms with Crippen LogP contribution < -0.4 is 10.5 Å². The van der Waals surface area contributed by atoms with Gasteiger partial charge in [-0.25, -0.2) is 4.79 Å². The van der Waals surface area contributed by atoms with Crippen molar-refractivity contribution in [1.82, 2.24) is 0 Å². The van der Waals surface area contributed by atoms with E-state index in [1.165, 1.54) is 19.2 Å². The van der Waals surface area contributed by atoms with Crippen LogP contribution in [0, 0.1) is 0 Å². The summed E-state index contributed by atoms with van der Waals surface area (Å²) in [7, 11) is 1.53. The summed E-state index contributed by atoms with van der Waals surface area (Å²) in [6.07, 6.45) is 2.21. The number of carbonyl (C=O) groups is 1. The first-order valence-electron chi connectivity index (χ1n) is 4.84. The Morgan fingerprint density at radius 3 is 2.67 bits per heavy atom. The van der Waals surface area contributed by atoms with Crippen molar-refractivity contribution in [2.75, 3.05) is 12.8 Å². The van der Waals surface area contributed by atoms with Crippen LogP contribution in [0.5, 0.6) is 5.75 Å². The fraction of sp³-hybridized carbons (Fsp3) is 0.364. The number of methoxy groups -OCH3 is 1. The van der Waals surface area contributed by atoms with Gasteiger partial charge in [0.05, 0.1) is 12.7 Å². The Hall–Kier alpha value is -1.71.